The van der Waals surface area contributed by atoms with Gasteiger partial charge in [-0.1, -0.05) is 0 Å². The van der Waals surface area contributed by atoms with E-state index in [1.807, 2.05) is 0 Å². The molecule has 0 aliphatic carbocycles. The molecule has 2 heterocycles. The van der Waals surface area contributed by atoms with E-state index in [4.69, 9.17) is 12.2 Å². The van der Waals surface area contributed by atoms with Crippen LogP contribution in [0.2, 0.25) is 0 Å². The van der Waals surface area contributed by atoms with Gasteiger partial charge in [0.2, 0.25) is 0 Å². The molecule has 0 amide bonds. The summed E-state index contributed by atoms with van der Waals surface area (Å²) >= 11 is 5.25. The Hall–Kier alpha value is -0.680. The maximum Gasteiger partial charge on any atom is 0.195 e. The average molecular weight is 226 g/mol. The number of nitrogens with zero attached hydrogens (tertiary/aromatic N) is 2. The van der Waals surface area contributed by atoms with Gasteiger partial charge in [0.1, 0.15) is 5.82 Å². The van der Waals surface area contributed by atoms with Crippen LogP contribution in [-0.4, -0.2) is 27.9 Å². The molecule has 1 saturated heterocycles. The van der Waals surface area contributed by atoms with Crippen LogP contribution >= 0.6 is 12.2 Å². The third-order valence-corrected chi connectivity index (χ3v) is 3.24. The fraction of sp³-hybridized carbons (Fsp3) is 0.800. The van der Waals surface area contributed by atoms with Crippen LogP contribution in [0.1, 0.15) is 44.5 Å². The van der Waals surface area contributed by atoms with Crippen LogP contribution in [-0.2, 0) is 0 Å². The van der Waals surface area contributed by atoms with Crippen LogP contribution < -0.4 is 5.32 Å². The molecule has 4 nitrogen and oxygen atoms in total. The second kappa shape index (κ2) is 4.45. The molecule has 5 heteroatoms. The van der Waals surface area contributed by atoms with Gasteiger partial charge in [-0.25, -0.2) is 0 Å². The maximum absolute atomic E-state index is 5.25. The molecule has 0 spiro atoms. The molecule has 84 valence electrons. The maximum atomic E-state index is 5.25. The molecule has 2 N–H and O–H groups in total. The second-order valence-electron chi connectivity index (χ2n) is 4.37. The molecular formula is C10H18N4S. The van der Waals surface area contributed by atoms with Crippen molar-refractivity contribution >= 4 is 12.2 Å². The Morgan fingerprint density at radius 3 is 2.67 bits per heavy atom. The van der Waals surface area contributed by atoms with Gasteiger partial charge in [0.25, 0.3) is 0 Å². The first-order valence-corrected chi connectivity index (χ1v) is 5.98. The first-order chi connectivity index (χ1) is 7.20. The van der Waals surface area contributed by atoms with Gasteiger partial charge in [-0.3, -0.25) is 5.10 Å². The van der Waals surface area contributed by atoms with E-state index in [0.29, 0.717) is 12.0 Å². The fourth-order valence-corrected chi connectivity index (χ4v) is 2.53. The molecule has 1 aliphatic rings. The molecule has 1 aromatic heterocycles. The number of hydrogen-bond acceptors (Lipinski definition) is 3. The molecule has 2 rings (SSSR count). The molecule has 0 saturated carbocycles. The zero-order chi connectivity index (χ0) is 10.8. The Morgan fingerprint density at radius 1 is 1.40 bits per heavy atom. The Balaban J connectivity index is 2.30. The minimum Gasteiger partial charge on any atom is -0.317 e. The number of aromatic amines is 1. The van der Waals surface area contributed by atoms with Crippen molar-refractivity contribution in [2.24, 2.45) is 0 Å². The summed E-state index contributed by atoms with van der Waals surface area (Å²) in [4.78, 5) is 0. The summed E-state index contributed by atoms with van der Waals surface area (Å²) in [5, 5.41) is 10.7. The van der Waals surface area contributed by atoms with Crippen LogP contribution in [0.3, 0.4) is 0 Å². The predicted octanol–water partition coefficient (Wildman–Crippen LogP) is 1.99. The monoisotopic (exact) mass is 226 g/mol. The Labute approximate surface area is 95.1 Å². The zero-order valence-electron chi connectivity index (χ0n) is 9.29. The van der Waals surface area contributed by atoms with Gasteiger partial charge in [-0.15, -0.1) is 0 Å². The number of H-pyrrole nitrogens is 1. The lowest BCUT2D eigenvalue weighted by molar-refractivity contribution is 0.419. The molecule has 0 aromatic carbocycles. The predicted molar refractivity (Wildman–Crippen MR) is 62.6 cm³/mol. The Kier molecular flexibility index (Phi) is 3.21. The van der Waals surface area contributed by atoms with Gasteiger partial charge in [0, 0.05) is 12.0 Å². The van der Waals surface area contributed by atoms with Gasteiger partial charge >= 0.3 is 0 Å². The summed E-state index contributed by atoms with van der Waals surface area (Å²) in [7, 11) is 0. The first-order valence-electron chi connectivity index (χ1n) is 5.57. The normalized spacial score (nSPS) is 18.6. The Bertz CT molecular complexity index is 373. The van der Waals surface area contributed by atoms with E-state index in [1.54, 1.807) is 0 Å². The summed E-state index contributed by atoms with van der Waals surface area (Å²) in [5.74, 6) is 1.69. The van der Waals surface area contributed by atoms with Crippen LogP contribution in [0.25, 0.3) is 0 Å². The number of rotatable bonds is 2. The highest BCUT2D eigenvalue weighted by Crippen LogP contribution is 2.25. The first kappa shape index (κ1) is 10.8. The van der Waals surface area contributed by atoms with Crippen molar-refractivity contribution < 1.29 is 0 Å². The van der Waals surface area contributed by atoms with Crippen LogP contribution in [0.4, 0.5) is 0 Å². The average Bonchev–Trinajstić information content (AvgIpc) is 2.61. The smallest absolute Gasteiger partial charge is 0.195 e. The molecule has 0 atom stereocenters. The van der Waals surface area contributed by atoms with Gasteiger partial charge in [-0.05, 0) is 52.0 Å². The van der Waals surface area contributed by atoms with E-state index in [2.05, 4.69) is 33.9 Å². The van der Waals surface area contributed by atoms with Gasteiger partial charge in [0.15, 0.2) is 4.77 Å². The third kappa shape index (κ3) is 2.13. The topological polar surface area (TPSA) is 45.6 Å². The highest BCUT2D eigenvalue weighted by atomic mass is 32.1. The number of hydrogen-bond donors (Lipinski definition) is 2. The van der Waals surface area contributed by atoms with Crippen molar-refractivity contribution in [2.75, 3.05) is 13.1 Å². The summed E-state index contributed by atoms with van der Waals surface area (Å²) in [5.41, 5.74) is 0. The lowest BCUT2D eigenvalue weighted by Gasteiger charge is -2.23. The molecular weight excluding hydrogens is 208 g/mol. The minimum atomic E-state index is 0.390. The van der Waals surface area contributed by atoms with E-state index in [1.165, 1.54) is 0 Å². The van der Waals surface area contributed by atoms with Crippen molar-refractivity contribution in [3.05, 3.63) is 10.6 Å². The van der Waals surface area contributed by atoms with Gasteiger partial charge in [0.05, 0.1) is 0 Å². The summed E-state index contributed by atoms with van der Waals surface area (Å²) in [6.07, 6.45) is 2.32. The molecule has 0 unspecified atom stereocenters. The summed E-state index contributed by atoms with van der Waals surface area (Å²) < 4.78 is 2.89. The number of piperidine rings is 1. The SMILES string of the molecule is CC(C)n1c(C2CCNCC2)n[nH]c1=S. The van der Waals surface area contributed by atoms with E-state index in [9.17, 15) is 0 Å². The van der Waals surface area contributed by atoms with Gasteiger partial charge < -0.3 is 9.88 Å². The van der Waals surface area contributed by atoms with Crippen molar-refractivity contribution in [1.82, 2.24) is 20.1 Å². The lowest BCUT2D eigenvalue weighted by atomic mass is 9.97. The third-order valence-electron chi connectivity index (χ3n) is 2.95. The van der Waals surface area contributed by atoms with E-state index in [0.717, 1.165) is 36.5 Å². The number of aromatic nitrogens is 3. The van der Waals surface area contributed by atoms with Crippen molar-refractivity contribution in [2.45, 2.75) is 38.6 Å². The van der Waals surface area contributed by atoms with Crippen LogP contribution in [0, 0.1) is 4.77 Å². The highest BCUT2D eigenvalue weighted by Gasteiger charge is 2.21. The highest BCUT2D eigenvalue weighted by molar-refractivity contribution is 7.71. The van der Waals surface area contributed by atoms with E-state index in [-0.39, 0.29) is 0 Å². The second-order valence-corrected chi connectivity index (χ2v) is 4.76. The Morgan fingerprint density at radius 2 is 2.07 bits per heavy atom. The van der Waals surface area contributed by atoms with Gasteiger partial charge in [-0.2, -0.15) is 5.10 Å². The summed E-state index contributed by atoms with van der Waals surface area (Å²) in [6, 6.07) is 0.390. The fourth-order valence-electron chi connectivity index (χ4n) is 2.18. The van der Waals surface area contributed by atoms with Crippen molar-refractivity contribution in [3.8, 4) is 0 Å². The van der Waals surface area contributed by atoms with Crippen LogP contribution in [0.5, 0.6) is 0 Å². The van der Waals surface area contributed by atoms with Crippen LogP contribution in [0.15, 0.2) is 0 Å². The lowest BCUT2D eigenvalue weighted by Crippen LogP contribution is -2.28. The van der Waals surface area contributed by atoms with Crippen molar-refractivity contribution in [1.29, 1.82) is 0 Å². The van der Waals surface area contributed by atoms with E-state index >= 15 is 0 Å². The largest absolute Gasteiger partial charge is 0.317 e. The standard InChI is InChI=1S/C10H18N4S/c1-7(2)14-9(12-13-10(14)15)8-3-5-11-6-4-8/h7-8,11H,3-6H2,1-2H3,(H,13,15). The minimum absolute atomic E-state index is 0.390. The van der Waals surface area contributed by atoms with E-state index < -0.39 is 0 Å². The molecule has 1 fully saturated rings. The molecule has 1 aromatic rings. The molecule has 0 radical (unpaired) electrons. The molecule has 0 bridgehead atoms. The number of nitrogens with one attached hydrogen (secondary N) is 2. The van der Waals surface area contributed by atoms with Crippen molar-refractivity contribution in [3.63, 3.8) is 0 Å². The zero-order valence-corrected chi connectivity index (χ0v) is 10.1. The quantitative estimate of drug-likeness (QED) is 0.758. The molecule has 1 aliphatic heterocycles. The summed E-state index contributed by atoms with van der Waals surface area (Å²) in [6.45, 7) is 6.47. The molecule has 15 heavy (non-hydrogen) atoms.